The van der Waals surface area contributed by atoms with Gasteiger partial charge < -0.3 is 5.11 Å². The number of aliphatic carboxylic acids is 1. The van der Waals surface area contributed by atoms with Gasteiger partial charge in [0.15, 0.2) is 0 Å². The van der Waals surface area contributed by atoms with Crippen LogP contribution >= 0.6 is 27.7 Å². The summed E-state index contributed by atoms with van der Waals surface area (Å²) in [5.74, 6) is -0.726. The number of thioether (sulfide) groups is 1. The Kier molecular flexibility index (Phi) is 5.19. The van der Waals surface area contributed by atoms with Crippen molar-refractivity contribution in [3.8, 4) is 0 Å². The molecular formula is C11H13BrO2S. The van der Waals surface area contributed by atoms with Crippen molar-refractivity contribution in [3.05, 3.63) is 28.2 Å². The molecule has 0 aliphatic heterocycles. The van der Waals surface area contributed by atoms with E-state index in [9.17, 15) is 4.79 Å². The molecule has 0 saturated heterocycles. The Morgan fingerprint density at radius 1 is 1.53 bits per heavy atom. The summed E-state index contributed by atoms with van der Waals surface area (Å²) in [4.78, 5) is 11.6. The highest BCUT2D eigenvalue weighted by Crippen LogP contribution is 2.25. The lowest BCUT2D eigenvalue weighted by Crippen LogP contribution is -1.96. The molecule has 0 amide bonds. The molecule has 0 atom stereocenters. The van der Waals surface area contributed by atoms with Crippen molar-refractivity contribution in [3.63, 3.8) is 0 Å². The number of hydrogen-bond donors (Lipinski definition) is 1. The number of carbonyl (C=O) groups is 1. The number of benzene rings is 1. The van der Waals surface area contributed by atoms with Crippen LogP contribution in [-0.4, -0.2) is 17.3 Å². The SMILES string of the molecule is CSc1ccc(Br)cc1CCCC(=O)O. The van der Waals surface area contributed by atoms with Crippen LogP contribution in [0.25, 0.3) is 0 Å². The fourth-order valence-corrected chi connectivity index (χ4v) is 2.41. The van der Waals surface area contributed by atoms with Gasteiger partial charge in [0.2, 0.25) is 0 Å². The highest BCUT2D eigenvalue weighted by Gasteiger charge is 2.04. The van der Waals surface area contributed by atoms with E-state index in [1.807, 2.05) is 12.3 Å². The van der Waals surface area contributed by atoms with Crippen LogP contribution in [0.2, 0.25) is 0 Å². The average Bonchev–Trinajstić information content (AvgIpc) is 2.17. The molecule has 1 rings (SSSR count). The van der Waals surface area contributed by atoms with Crippen LogP contribution in [0.5, 0.6) is 0 Å². The molecular weight excluding hydrogens is 276 g/mol. The van der Waals surface area contributed by atoms with E-state index in [0.717, 1.165) is 10.9 Å². The Bertz CT molecular complexity index is 352. The molecule has 82 valence electrons. The summed E-state index contributed by atoms with van der Waals surface area (Å²) < 4.78 is 1.05. The van der Waals surface area contributed by atoms with Gasteiger partial charge in [0.1, 0.15) is 0 Å². The van der Waals surface area contributed by atoms with Gasteiger partial charge in [-0.1, -0.05) is 15.9 Å². The maximum atomic E-state index is 10.4. The number of carboxylic acid groups (broad SMARTS) is 1. The molecule has 1 aromatic rings. The van der Waals surface area contributed by atoms with Gasteiger partial charge in [0.05, 0.1) is 0 Å². The van der Waals surface area contributed by atoms with Crippen molar-refractivity contribution < 1.29 is 9.90 Å². The van der Waals surface area contributed by atoms with E-state index in [-0.39, 0.29) is 6.42 Å². The van der Waals surface area contributed by atoms with Crippen molar-refractivity contribution in [1.82, 2.24) is 0 Å². The third kappa shape index (κ3) is 4.26. The van der Waals surface area contributed by atoms with Crippen molar-refractivity contribution in [2.24, 2.45) is 0 Å². The molecule has 1 N–H and O–H groups in total. The minimum atomic E-state index is -0.726. The second-order valence-electron chi connectivity index (χ2n) is 3.20. The van der Waals surface area contributed by atoms with Crippen molar-refractivity contribution in [2.45, 2.75) is 24.2 Å². The fraction of sp³-hybridized carbons (Fsp3) is 0.364. The molecule has 0 aromatic heterocycles. The van der Waals surface area contributed by atoms with E-state index in [2.05, 4.69) is 28.1 Å². The minimum Gasteiger partial charge on any atom is -0.481 e. The first-order valence-electron chi connectivity index (χ1n) is 4.67. The smallest absolute Gasteiger partial charge is 0.303 e. The lowest BCUT2D eigenvalue weighted by molar-refractivity contribution is -0.137. The molecule has 4 heteroatoms. The lowest BCUT2D eigenvalue weighted by Gasteiger charge is -2.06. The van der Waals surface area contributed by atoms with Crippen LogP contribution in [0.1, 0.15) is 18.4 Å². The Morgan fingerprint density at radius 3 is 2.87 bits per heavy atom. The van der Waals surface area contributed by atoms with Crippen LogP contribution in [0.4, 0.5) is 0 Å². The Balaban J connectivity index is 2.65. The first-order chi connectivity index (χ1) is 7.13. The summed E-state index contributed by atoms with van der Waals surface area (Å²) in [5, 5.41) is 8.56. The van der Waals surface area contributed by atoms with Crippen LogP contribution in [-0.2, 0) is 11.2 Å². The lowest BCUT2D eigenvalue weighted by atomic mass is 10.1. The predicted molar refractivity (Wildman–Crippen MR) is 66.5 cm³/mol. The summed E-state index contributed by atoms with van der Waals surface area (Å²) in [5.41, 5.74) is 1.22. The third-order valence-electron chi connectivity index (χ3n) is 2.08. The van der Waals surface area contributed by atoms with Gasteiger partial charge in [-0.15, -0.1) is 11.8 Å². The summed E-state index contributed by atoms with van der Waals surface area (Å²) in [7, 11) is 0. The molecule has 0 heterocycles. The van der Waals surface area contributed by atoms with Gasteiger partial charge in [-0.05, 0) is 42.9 Å². The zero-order chi connectivity index (χ0) is 11.3. The first kappa shape index (κ1) is 12.6. The quantitative estimate of drug-likeness (QED) is 0.842. The number of hydrogen-bond acceptors (Lipinski definition) is 2. The predicted octanol–water partition coefficient (Wildman–Crippen LogP) is 3.58. The molecule has 0 aliphatic carbocycles. The third-order valence-corrected chi connectivity index (χ3v) is 3.41. The van der Waals surface area contributed by atoms with Gasteiger partial charge in [-0.3, -0.25) is 4.79 Å². The van der Waals surface area contributed by atoms with Crippen molar-refractivity contribution in [1.29, 1.82) is 0 Å². The van der Waals surface area contributed by atoms with E-state index in [1.54, 1.807) is 11.8 Å². The molecule has 0 aliphatic rings. The fourth-order valence-electron chi connectivity index (χ4n) is 1.37. The van der Waals surface area contributed by atoms with Gasteiger partial charge in [-0.2, -0.15) is 0 Å². The molecule has 0 fully saturated rings. The van der Waals surface area contributed by atoms with Gasteiger partial charge in [0.25, 0.3) is 0 Å². The monoisotopic (exact) mass is 288 g/mol. The Hall–Kier alpha value is -0.480. The highest BCUT2D eigenvalue weighted by molar-refractivity contribution is 9.10. The van der Waals surface area contributed by atoms with E-state index in [1.165, 1.54) is 10.5 Å². The number of carboxylic acids is 1. The maximum absolute atomic E-state index is 10.4. The van der Waals surface area contributed by atoms with E-state index < -0.39 is 5.97 Å². The summed E-state index contributed by atoms with van der Waals surface area (Å²) in [6.45, 7) is 0. The number of aryl methyl sites for hydroxylation is 1. The molecule has 0 radical (unpaired) electrons. The average molecular weight is 289 g/mol. The van der Waals surface area contributed by atoms with Gasteiger partial charge >= 0.3 is 5.97 Å². The molecule has 1 aromatic carbocycles. The van der Waals surface area contributed by atoms with E-state index in [0.29, 0.717) is 6.42 Å². The van der Waals surface area contributed by atoms with Crippen LogP contribution in [0.15, 0.2) is 27.6 Å². The van der Waals surface area contributed by atoms with Gasteiger partial charge in [-0.25, -0.2) is 0 Å². The Morgan fingerprint density at radius 2 is 2.27 bits per heavy atom. The molecule has 0 unspecified atom stereocenters. The topological polar surface area (TPSA) is 37.3 Å². The van der Waals surface area contributed by atoms with Crippen LogP contribution < -0.4 is 0 Å². The van der Waals surface area contributed by atoms with Crippen molar-refractivity contribution in [2.75, 3.05) is 6.26 Å². The largest absolute Gasteiger partial charge is 0.481 e. The summed E-state index contributed by atoms with van der Waals surface area (Å²) >= 11 is 5.12. The molecule has 0 bridgehead atoms. The minimum absolute atomic E-state index is 0.236. The molecule has 0 spiro atoms. The highest BCUT2D eigenvalue weighted by atomic mass is 79.9. The van der Waals surface area contributed by atoms with Gasteiger partial charge in [0, 0.05) is 15.8 Å². The Labute approximate surface area is 102 Å². The first-order valence-corrected chi connectivity index (χ1v) is 6.69. The normalized spacial score (nSPS) is 10.3. The summed E-state index contributed by atoms with van der Waals surface area (Å²) in [6, 6.07) is 6.13. The maximum Gasteiger partial charge on any atom is 0.303 e. The number of halogens is 1. The van der Waals surface area contributed by atoms with Crippen molar-refractivity contribution >= 4 is 33.7 Å². The van der Waals surface area contributed by atoms with E-state index >= 15 is 0 Å². The zero-order valence-corrected chi connectivity index (χ0v) is 10.9. The molecule has 0 saturated carbocycles. The second-order valence-corrected chi connectivity index (χ2v) is 4.97. The standard InChI is InChI=1S/C11H13BrO2S/c1-15-10-6-5-9(12)7-8(10)3-2-4-11(13)14/h5-7H,2-4H2,1H3,(H,13,14). The summed E-state index contributed by atoms with van der Waals surface area (Å²) in [6.07, 6.45) is 3.78. The molecule has 2 nitrogen and oxygen atoms in total. The van der Waals surface area contributed by atoms with Crippen LogP contribution in [0, 0.1) is 0 Å². The van der Waals surface area contributed by atoms with Crippen LogP contribution in [0.3, 0.4) is 0 Å². The zero-order valence-electron chi connectivity index (χ0n) is 8.50. The second kappa shape index (κ2) is 6.18. The van der Waals surface area contributed by atoms with E-state index in [4.69, 9.17) is 5.11 Å². The number of rotatable bonds is 5. The molecule has 15 heavy (non-hydrogen) atoms.